The molecule has 1 aliphatic rings. The van der Waals surface area contributed by atoms with Crippen LogP contribution < -0.4 is 14.8 Å². The second kappa shape index (κ2) is 7.44. The number of carbonyl (C=O) groups is 1. The summed E-state index contributed by atoms with van der Waals surface area (Å²) in [6.45, 7) is 1.08. The molecule has 2 aromatic rings. The summed E-state index contributed by atoms with van der Waals surface area (Å²) in [5.41, 5.74) is 0.508. The molecule has 0 radical (unpaired) electrons. The number of hydrogen-bond donors (Lipinski definition) is 1. The van der Waals surface area contributed by atoms with Crippen LogP contribution in [0.3, 0.4) is 0 Å². The number of thioether (sulfide) groups is 1. The predicted molar refractivity (Wildman–Crippen MR) is 87.4 cm³/mol. The van der Waals surface area contributed by atoms with Gasteiger partial charge in [0.05, 0.1) is 19.0 Å². The Labute approximate surface area is 150 Å². The second-order valence-corrected chi connectivity index (χ2v) is 6.35. The molecule has 11 heteroatoms. The van der Waals surface area contributed by atoms with Gasteiger partial charge in [-0.2, -0.15) is 13.2 Å². The minimum atomic E-state index is -4.59. The Balaban J connectivity index is 1.60. The molecule has 0 saturated carbocycles. The number of rotatable bonds is 4. The molecule has 1 aliphatic heterocycles. The van der Waals surface area contributed by atoms with E-state index in [0.29, 0.717) is 30.4 Å². The zero-order chi connectivity index (χ0) is 18.7. The van der Waals surface area contributed by atoms with E-state index in [0.717, 1.165) is 22.7 Å². The fraction of sp³-hybridized carbons (Fsp3) is 0.400. The van der Waals surface area contributed by atoms with Gasteiger partial charge in [-0.3, -0.25) is 4.79 Å². The van der Waals surface area contributed by atoms with Gasteiger partial charge in [0.2, 0.25) is 11.7 Å². The summed E-state index contributed by atoms with van der Waals surface area (Å²) in [4.78, 5) is 12.1. The first kappa shape index (κ1) is 18.4. The van der Waals surface area contributed by atoms with Crippen molar-refractivity contribution in [1.82, 2.24) is 14.8 Å². The number of ether oxygens (including phenoxy) is 2. The minimum absolute atomic E-state index is 0.00568. The Morgan fingerprint density at radius 1 is 1.27 bits per heavy atom. The van der Waals surface area contributed by atoms with Crippen LogP contribution in [-0.2, 0) is 18.0 Å². The predicted octanol–water partition coefficient (Wildman–Crippen LogP) is 2.73. The van der Waals surface area contributed by atoms with E-state index in [4.69, 9.17) is 9.47 Å². The lowest BCUT2D eigenvalue weighted by atomic mass is 10.2. The van der Waals surface area contributed by atoms with Crippen molar-refractivity contribution >= 4 is 23.4 Å². The molecular weight excluding hydrogens is 373 g/mol. The van der Waals surface area contributed by atoms with Crippen molar-refractivity contribution in [3.8, 4) is 11.5 Å². The van der Waals surface area contributed by atoms with E-state index >= 15 is 0 Å². The Morgan fingerprint density at radius 3 is 2.69 bits per heavy atom. The van der Waals surface area contributed by atoms with Gasteiger partial charge < -0.3 is 19.4 Å². The van der Waals surface area contributed by atoms with E-state index in [9.17, 15) is 18.0 Å². The molecular formula is C15H15F3N4O3S. The number of nitrogens with one attached hydrogen (secondary N) is 1. The van der Waals surface area contributed by atoms with Crippen LogP contribution in [0.1, 0.15) is 12.2 Å². The number of aromatic nitrogens is 3. The van der Waals surface area contributed by atoms with Crippen LogP contribution in [0.4, 0.5) is 18.9 Å². The van der Waals surface area contributed by atoms with Crippen molar-refractivity contribution in [1.29, 1.82) is 0 Å². The van der Waals surface area contributed by atoms with Gasteiger partial charge in [-0.15, -0.1) is 10.2 Å². The molecule has 0 fully saturated rings. The lowest BCUT2D eigenvalue weighted by molar-refractivity contribution is -0.147. The van der Waals surface area contributed by atoms with Crippen LogP contribution >= 0.6 is 11.8 Å². The number of nitrogens with zero attached hydrogens (tertiary/aromatic N) is 3. The molecule has 2 heterocycles. The molecule has 0 aliphatic carbocycles. The van der Waals surface area contributed by atoms with Crippen molar-refractivity contribution in [3.05, 3.63) is 24.0 Å². The number of halogens is 3. The Kier molecular flexibility index (Phi) is 5.25. The van der Waals surface area contributed by atoms with Gasteiger partial charge in [0, 0.05) is 25.2 Å². The molecule has 26 heavy (non-hydrogen) atoms. The largest absolute Gasteiger partial charge is 0.490 e. The van der Waals surface area contributed by atoms with Crippen molar-refractivity contribution in [2.75, 3.05) is 24.3 Å². The average Bonchev–Trinajstić information content (AvgIpc) is 2.80. The Morgan fingerprint density at radius 2 is 2.00 bits per heavy atom. The third-order valence-corrected chi connectivity index (χ3v) is 4.47. The van der Waals surface area contributed by atoms with Gasteiger partial charge in [-0.1, -0.05) is 11.8 Å². The van der Waals surface area contributed by atoms with Crippen LogP contribution in [0.25, 0.3) is 0 Å². The van der Waals surface area contributed by atoms with E-state index in [-0.39, 0.29) is 16.8 Å². The summed E-state index contributed by atoms with van der Waals surface area (Å²) < 4.78 is 49.9. The van der Waals surface area contributed by atoms with E-state index < -0.39 is 12.0 Å². The number of benzene rings is 1. The second-order valence-electron chi connectivity index (χ2n) is 5.41. The number of alkyl halides is 3. The van der Waals surface area contributed by atoms with Gasteiger partial charge in [0.15, 0.2) is 16.7 Å². The Bertz CT molecular complexity index is 810. The highest BCUT2D eigenvalue weighted by atomic mass is 32.2. The SMILES string of the molecule is Cn1c(SCC(=O)Nc2ccc3c(c2)OCCCO3)nnc1C(F)(F)F. The maximum Gasteiger partial charge on any atom is 0.451 e. The molecule has 1 N–H and O–H groups in total. The smallest absolute Gasteiger partial charge is 0.451 e. The van der Waals surface area contributed by atoms with Crippen LogP contribution in [-0.4, -0.2) is 39.6 Å². The maximum absolute atomic E-state index is 12.7. The quantitative estimate of drug-likeness (QED) is 0.812. The molecule has 0 unspecified atom stereocenters. The summed E-state index contributed by atoms with van der Waals surface area (Å²) in [6, 6.07) is 5.01. The first-order chi connectivity index (χ1) is 12.3. The number of fused-ring (bicyclic) bond motifs is 1. The summed E-state index contributed by atoms with van der Waals surface area (Å²) in [5.74, 6) is -0.466. The van der Waals surface area contributed by atoms with Gasteiger partial charge in [-0.25, -0.2) is 0 Å². The first-order valence-electron chi connectivity index (χ1n) is 7.63. The van der Waals surface area contributed by atoms with Crippen LogP contribution in [0.2, 0.25) is 0 Å². The molecule has 0 saturated heterocycles. The summed E-state index contributed by atoms with van der Waals surface area (Å²) >= 11 is 0.865. The van der Waals surface area contributed by atoms with Crippen LogP contribution in [0.15, 0.2) is 23.4 Å². The maximum atomic E-state index is 12.7. The third kappa shape index (κ3) is 4.21. The fourth-order valence-electron chi connectivity index (χ4n) is 2.26. The van der Waals surface area contributed by atoms with Gasteiger partial charge in [0.25, 0.3) is 0 Å². The molecule has 0 atom stereocenters. The number of hydrogen-bond acceptors (Lipinski definition) is 6. The van der Waals surface area contributed by atoms with Gasteiger partial charge >= 0.3 is 6.18 Å². The molecule has 140 valence electrons. The monoisotopic (exact) mass is 388 g/mol. The molecule has 7 nitrogen and oxygen atoms in total. The van der Waals surface area contributed by atoms with E-state index in [1.54, 1.807) is 18.2 Å². The van der Waals surface area contributed by atoms with E-state index in [1.807, 2.05) is 0 Å². The standard InChI is InChI=1S/C15H15F3N4O3S/c1-22-13(15(16,17)18)20-21-14(22)26-8-12(23)19-9-3-4-10-11(7-9)25-6-2-5-24-10/h3-4,7H,2,5-6,8H2,1H3,(H,19,23). The third-order valence-electron chi connectivity index (χ3n) is 3.45. The average molecular weight is 388 g/mol. The van der Waals surface area contributed by atoms with E-state index in [2.05, 4.69) is 15.5 Å². The molecule has 1 aromatic heterocycles. The minimum Gasteiger partial charge on any atom is -0.490 e. The fourth-order valence-corrected chi connectivity index (χ4v) is 2.97. The van der Waals surface area contributed by atoms with Crippen molar-refractivity contribution in [2.24, 2.45) is 7.05 Å². The molecule has 0 bridgehead atoms. The number of amides is 1. The highest BCUT2D eigenvalue weighted by Gasteiger charge is 2.37. The summed E-state index contributed by atoms with van der Waals surface area (Å²) in [7, 11) is 1.20. The highest BCUT2D eigenvalue weighted by Crippen LogP contribution is 2.32. The number of anilines is 1. The normalized spacial score (nSPS) is 14.0. The first-order valence-corrected chi connectivity index (χ1v) is 8.62. The molecule has 0 spiro atoms. The van der Waals surface area contributed by atoms with Crippen LogP contribution in [0.5, 0.6) is 11.5 Å². The highest BCUT2D eigenvalue weighted by molar-refractivity contribution is 7.99. The molecule has 1 aromatic carbocycles. The Hall–Kier alpha value is -2.43. The lowest BCUT2D eigenvalue weighted by Gasteiger charge is -2.10. The lowest BCUT2D eigenvalue weighted by Crippen LogP contribution is -2.15. The van der Waals surface area contributed by atoms with Crippen molar-refractivity contribution in [2.45, 2.75) is 17.8 Å². The number of carbonyl (C=O) groups excluding carboxylic acids is 1. The van der Waals surface area contributed by atoms with Crippen molar-refractivity contribution < 1.29 is 27.4 Å². The summed E-state index contributed by atoms with van der Waals surface area (Å²) in [5, 5.41) is 9.25. The van der Waals surface area contributed by atoms with Crippen molar-refractivity contribution in [3.63, 3.8) is 0 Å². The van der Waals surface area contributed by atoms with Gasteiger partial charge in [-0.05, 0) is 12.1 Å². The van der Waals surface area contributed by atoms with Crippen LogP contribution in [0, 0.1) is 0 Å². The zero-order valence-electron chi connectivity index (χ0n) is 13.7. The van der Waals surface area contributed by atoms with E-state index in [1.165, 1.54) is 7.05 Å². The molecule has 3 rings (SSSR count). The summed E-state index contributed by atoms with van der Waals surface area (Å²) in [6.07, 6.45) is -3.82. The topological polar surface area (TPSA) is 78.3 Å². The zero-order valence-corrected chi connectivity index (χ0v) is 14.5. The molecule has 1 amide bonds. The van der Waals surface area contributed by atoms with Gasteiger partial charge in [0.1, 0.15) is 0 Å².